The van der Waals surface area contributed by atoms with Gasteiger partial charge in [-0.05, 0) is 55.7 Å². The number of hydrazine groups is 1. The Kier molecular flexibility index (Phi) is 6.69. The normalized spacial score (nSPS) is 20.5. The topological polar surface area (TPSA) is 77.6 Å². The van der Waals surface area contributed by atoms with E-state index in [1.165, 1.54) is 5.56 Å². The first-order valence-electron chi connectivity index (χ1n) is 12.2. The lowest BCUT2D eigenvalue weighted by Crippen LogP contribution is -2.51. The zero-order valence-electron chi connectivity index (χ0n) is 19.0. The van der Waals surface area contributed by atoms with Crippen LogP contribution in [-0.4, -0.2) is 64.9 Å². The van der Waals surface area contributed by atoms with E-state index in [4.69, 9.17) is 0 Å². The van der Waals surface area contributed by atoms with Crippen molar-refractivity contribution in [2.75, 3.05) is 26.2 Å². The number of nitrogens with one attached hydrogen (secondary N) is 2. The fourth-order valence-corrected chi connectivity index (χ4v) is 5.31. The van der Waals surface area contributed by atoms with Gasteiger partial charge in [0.2, 0.25) is 5.91 Å². The second kappa shape index (κ2) is 10.0. The van der Waals surface area contributed by atoms with Crippen LogP contribution >= 0.6 is 0 Å². The molecule has 2 N–H and O–H groups in total. The molecule has 0 radical (unpaired) electrons. The van der Waals surface area contributed by atoms with Crippen LogP contribution in [0.3, 0.4) is 0 Å². The molecule has 1 aliphatic carbocycles. The van der Waals surface area contributed by atoms with E-state index in [9.17, 15) is 9.59 Å². The van der Waals surface area contributed by atoms with E-state index >= 15 is 0 Å². The Morgan fingerprint density at radius 1 is 0.970 bits per heavy atom. The maximum Gasteiger partial charge on any atom is 0.272 e. The van der Waals surface area contributed by atoms with Crippen LogP contribution in [0, 0.1) is 11.8 Å². The maximum absolute atomic E-state index is 13.6. The van der Waals surface area contributed by atoms with Crippen molar-refractivity contribution in [3.63, 3.8) is 0 Å². The lowest BCUT2D eigenvalue weighted by molar-refractivity contribution is -0.136. The molecule has 7 heteroatoms. The largest absolute Gasteiger partial charge is 0.342 e. The molecule has 1 aromatic heterocycles. The SMILES string of the molecule is O=C(C1CNNC1)N1CCC(C(Cc2ccccc2)N(C(=O)c2ccccn2)C2CC2)CC1. The zero-order chi connectivity index (χ0) is 22.6. The number of rotatable bonds is 7. The van der Waals surface area contributed by atoms with E-state index in [1.807, 2.05) is 29.2 Å². The summed E-state index contributed by atoms with van der Waals surface area (Å²) in [5.74, 6) is 0.674. The van der Waals surface area contributed by atoms with Gasteiger partial charge in [0.05, 0.1) is 5.92 Å². The van der Waals surface area contributed by atoms with E-state index in [2.05, 4.69) is 45.0 Å². The lowest BCUT2D eigenvalue weighted by atomic mass is 9.84. The number of amides is 2. The van der Waals surface area contributed by atoms with Crippen molar-refractivity contribution >= 4 is 11.8 Å². The lowest BCUT2D eigenvalue weighted by Gasteiger charge is -2.42. The number of likely N-dealkylation sites (tertiary alicyclic amines) is 1. The highest BCUT2D eigenvalue weighted by molar-refractivity contribution is 5.93. The van der Waals surface area contributed by atoms with Crippen LogP contribution < -0.4 is 10.9 Å². The van der Waals surface area contributed by atoms with Crippen molar-refractivity contribution in [1.82, 2.24) is 25.6 Å². The quantitative estimate of drug-likeness (QED) is 0.681. The number of nitrogens with zero attached hydrogens (tertiary/aromatic N) is 3. The van der Waals surface area contributed by atoms with Gasteiger partial charge in [-0.3, -0.25) is 25.4 Å². The highest BCUT2D eigenvalue weighted by atomic mass is 16.2. The Morgan fingerprint density at radius 2 is 1.67 bits per heavy atom. The highest BCUT2D eigenvalue weighted by Gasteiger charge is 2.42. The standard InChI is InChI=1S/C26H33N5O2/c32-25(21-17-28-29-18-21)30-14-11-20(12-15-30)24(16-19-6-2-1-3-7-19)31(22-9-10-22)26(33)23-8-4-5-13-27-23/h1-8,13,20-22,24,28-29H,9-12,14-18H2. The van der Waals surface area contributed by atoms with E-state index in [1.54, 1.807) is 6.20 Å². The predicted octanol–water partition coefficient (Wildman–Crippen LogP) is 2.26. The van der Waals surface area contributed by atoms with E-state index in [0.29, 0.717) is 30.7 Å². The first-order chi connectivity index (χ1) is 16.2. The third kappa shape index (κ3) is 5.09. The summed E-state index contributed by atoms with van der Waals surface area (Å²) in [6, 6.07) is 16.4. The molecule has 2 amide bonds. The zero-order valence-corrected chi connectivity index (χ0v) is 19.0. The summed E-state index contributed by atoms with van der Waals surface area (Å²) >= 11 is 0. The fraction of sp³-hybridized carbons (Fsp3) is 0.500. The van der Waals surface area contributed by atoms with Gasteiger partial charge < -0.3 is 9.80 Å². The minimum Gasteiger partial charge on any atom is -0.342 e. The number of aromatic nitrogens is 1. The van der Waals surface area contributed by atoms with E-state index < -0.39 is 0 Å². The van der Waals surface area contributed by atoms with Crippen LogP contribution in [0.4, 0.5) is 0 Å². The highest BCUT2D eigenvalue weighted by Crippen LogP contribution is 2.36. The summed E-state index contributed by atoms with van der Waals surface area (Å²) in [4.78, 5) is 35.1. The van der Waals surface area contributed by atoms with Gasteiger partial charge in [-0.1, -0.05) is 36.4 Å². The Labute approximate surface area is 195 Å². The molecule has 1 aromatic carbocycles. The molecule has 5 rings (SSSR count). The second-order valence-corrected chi connectivity index (χ2v) is 9.54. The molecule has 174 valence electrons. The van der Waals surface area contributed by atoms with Crippen molar-refractivity contribution in [3.8, 4) is 0 Å². The van der Waals surface area contributed by atoms with Crippen LogP contribution in [0.1, 0.15) is 41.7 Å². The first-order valence-corrected chi connectivity index (χ1v) is 12.2. The summed E-state index contributed by atoms with van der Waals surface area (Å²) in [6.07, 6.45) is 6.50. The van der Waals surface area contributed by atoms with Crippen LogP contribution in [0.5, 0.6) is 0 Å². The Balaban J connectivity index is 1.35. The predicted molar refractivity (Wildman–Crippen MR) is 126 cm³/mol. The van der Waals surface area contributed by atoms with Crippen LogP contribution in [-0.2, 0) is 11.2 Å². The van der Waals surface area contributed by atoms with Crippen LogP contribution in [0.2, 0.25) is 0 Å². The third-order valence-electron chi connectivity index (χ3n) is 7.27. The van der Waals surface area contributed by atoms with Gasteiger partial charge in [0.15, 0.2) is 0 Å². The average Bonchev–Trinajstić information content (AvgIpc) is 3.55. The number of piperidine rings is 1. The molecule has 2 saturated heterocycles. The van der Waals surface area contributed by atoms with Crippen LogP contribution in [0.25, 0.3) is 0 Å². The minimum atomic E-state index is 0.0235. The molecule has 1 atom stereocenters. The Bertz CT molecular complexity index is 936. The van der Waals surface area contributed by atoms with Crippen molar-refractivity contribution in [2.24, 2.45) is 11.8 Å². The molecule has 3 fully saturated rings. The van der Waals surface area contributed by atoms with Crippen molar-refractivity contribution in [1.29, 1.82) is 0 Å². The van der Waals surface area contributed by atoms with Gasteiger partial charge in [-0.25, -0.2) is 0 Å². The summed E-state index contributed by atoms with van der Waals surface area (Å²) in [5, 5.41) is 0. The Morgan fingerprint density at radius 3 is 2.30 bits per heavy atom. The van der Waals surface area contributed by atoms with Crippen molar-refractivity contribution < 1.29 is 9.59 Å². The molecule has 1 saturated carbocycles. The van der Waals surface area contributed by atoms with Gasteiger partial charge in [0, 0.05) is 44.5 Å². The molecule has 7 nitrogen and oxygen atoms in total. The summed E-state index contributed by atoms with van der Waals surface area (Å²) < 4.78 is 0. The molecule has 3 heterocycles. The van der Waals surface area contributed by atoms with E-state index in [-0.39, 0.29) is 23.8 Å². The smallest absolute Gasteiger partial charge is 0.272 e. The molecule has 2 aliphatic heterocycles. The first kappa shape index (κ1) is 22.0. The summed E-state index contributed by atoms with van der Waals surface area (Å²) in [6.45, 7) is 2.93. The number of hydrogen-bond donors (Lipinski definition) is 2. The van der Waals surface area contributed by atoms with Gasteiger partial charge >= 0.3 is 0 Å². The summed E-state index contributed by atoms with van der Waals surface area (Å²) in [5.41, 5.74) is 7.90. The number of carbonyl (C=O) groups excluding carboxylic acids is 2. The number of carbonyl (C=O) groups is 2. The van der Waals surface area contributed by atoms with Gasteiger partial charge in [-0.15, -0.1) is 0 Å². The fourth-order valence-electron chi connectivity index (χ4n) is 5.31. The van der Waals surface area contributed by atoms with E-state index in [0.717, 1.165) is 45.2 Å². The van der Waals surface area contributed by atoms with Crippen molar-refractivity contribution in [2.45, 2.75) is 44.2 Å². The minimum absolute atomic E-state index is 0.0235. The number of hydrogen-bond acceptors (Lipinski definition) is 5. The number of benzene rings is 1. The van der Waals surface area contributed by atoms with Gasteiger partial charge in [-0.2, -0.15) is 0 Å². The molecule has 3 aliphatic rings. The molecular formula is C26H33N5O2. The maximum atomic E-state index is 13.6. The average molecular weight is 448 g/mol. The second-order valence-electron chi connectivity index (χ2n) is 9.54. The molecule has 2 aromatic rings. The van der Waals surface area contributed by atoms with Crippen LogP contribution in [0.15, 0.2) is 54.7 Å². The number of pyridine rings is 1. The molecule has 1 unspecified atom stereocenters. The third-order valence-corrected chi connectivity index (χ3v) is 7.27. The van der Waals surface area contributed by atoms with Gasteiger partial charge in [0.25, 0.3) is 5.91 Å². The monoisotopic (exact) mass is 447 g/mol. The molecular weight excluding hydrogens is 414 g/mol. The summed E-state index contributed by atoms with van der Waals surface area (Å²) in [7, 11) is 0. The Hall–Kier alpha value is -2.77. The molecule has 33 heavy (non-hydrogen) atoms. The van der Waals surface area contributed by atoms with Crippen molar-refractivity contribution in [3.05, 3.63) is 66.0 Å². The molecule has 0 spiro atoms. The molecule has 0 bridgehead atoms. The van der Waals surface area contributed by atoms with Gasteiger partial charge in [0.1, 0.15) is 5.69 Å².